The summed E-state index contributed by atoms with van der Waals surface area (Å²) in [6, 6.07) is -0.987. The fourth-order valence-corrected chi connectivity index (χ4v) is 3.61. The predicted molar refractivity (Wildman–Crippen MR) is 90.8 cm³/mol. The van der Waals surface area contributed by atoms with Crippen molar-refractivity contribution in [3.63, 3.8) is 0 Å². The highest BCUT2D eigenvalue weighted by atomic mass is 28.4. The molecule has 8 heteroatoms. The minimum atomic E-state index is -2.13. The van der Waals surface area contributed by atoms with Gasteiger partial charge in [0.2, 0.25) is 14.2 Å². The van der Waals surface area contributed by atoms with E-state index in [1.807, 2.05) is 13.0 Å². The molecule has 23 heavy (non-hydrogen) atoms. The van der Waals surface area contributed by atoms with E-state index in [-0.39, 0.29) is 29.7 Å². The molecule has 0 unspecified atom stereocenters. The number of nitrogens with two attached hydrogens (primary N) is 1. The number of nitrogens with zero attached hydrogens (tertiary/aromatic N) is 2. The Kier molecular flexibility index (Phi) is 4.62. The lowest BCUT2D eigenvalue weighted by Crippen LogP contribution is -2.51. The molecule has 0 spiro atoms. The van der Waals surface area contributed by atoms with Crippen LogP contribution in [0.2, 0.25) is 18.1 Å². The fraction of sp³-hybridized carbons (Fsp3) is 0.733. The lowest BCUT2D eigenvalue weighted by molar-refractivity contribution is -0.124. The number of fused-ring (bicyclic) bond motifs is 2. The zero-order valence-corrected chi connectivity index (χ0v) is 15.8. The number of nitrogens with one attached hydrogen (secondary N) is 1. The SMILES string of the molecule is CC1=C[C@@H]2CN(C(=O)N2O[Si](C)(C)C(C)(C)C)[C@@H]1C(=O)NCN. The van der Waals surface area contributed by atoms with Crippen LogP contribution in [0.3, 0.4) is 0 Å². The molecular formula is C15H28N4O3Si. The number of rotatable bonds is 4. The van der Waals surface area contributed by atoms with Crippen LogP contribution in [0, 0.1) is 0 Å². The number of amides is 3. The van der Waals surface area contributed by atoms with Crippen molar-refractivity contribution < 1.29 is 14.1 Å². The number of hydrogen-bond acceptors (Lipinski definition) is 4. The van der Waals surface area contributed by atoms with Crippen molar-refractivity contribution in [2.45, 2.75) is 57.9 Å². The van der Waals surface area contributed by atoms with Gasteiger partial charge in [-0.1, -0.05) is 26.8 Å². The summed E-state index contributed by atoms with van der Waals surface area (Å²) in [5, 5.41) is 4.05. The molecule has 0 saturated carbocycles. The molecule has 7 nitrogen and oxygen atoms in total. The summed E-state index contributed by atoms with van der Waals surface area (Å²) >= 11 is 0. The zero-order valence-electron chi connectivity index (χ0n) is 14.8. The van der Waals surface area contributed by atoms with E-state index in [9.17, 15) is 9.59 Å². The molecule has 1 fully saturated rings. The first-order chi connectivity index (χ1) is 10.5. The Hall–Kier alpha value is -1.38. The molecule has 0 aliphatic carbocycles. The van der Waals surface area contributed by atoms with Crippen LogP contribution in [0.5, 0.6) is 0 Å². The van der Waals surface area contributed by atoms with Crippen LogP contribution in [0.15, 0.2) is 11.6 Å². The third-order valence-electron chi connectivity index (χ3n) is 4.97. The van der Waals surface area contributed by atoms with Crippen LogP contribution < -0.4 is 11.1 Å². The van der Waals surface area contributed by atoms with Crippen LogP contribution in [0.4, 0.5) is 4.79 Å². The van der Waals surface area contributed by atoms with Gasteiger partial charge in [-0.25, -0.2) is 9.86 Å². The standard InChI is InChI=1S/C15H28N4O3Si/c1-10-7-11-8-18(12(10)13(20)17-9-16)14(21)19(11)22-23(5,6)15(2,3)4/h7,11-12H,8-9,16H2,1-6H3,(H,17,20)/t11-,12+/m1/s1. The summed E-state index contributed by atoms with van der Waals surface area (Å²) in [6.45, 7) is 13.0. The lowest BCUT2D eigenvalue weighted by atomic mass is 10.0. The van der Waals surface area contributed by atoms with Crippen LogP contribution in [0.1, 0.15) is 27.7 Å². The van der Waals surface area contributed by atoms with Crippen molar-refractivity contribution in [1.82, 2.24) is 15.3 Å². The van der Waals surface area contributed by atoms with E-state index in [1.165, 1.54) is 5.06 Å². The first-order valence-corrected chi connectivity index (χ1v) is 10.9. The zero-order chi connectivity index (χ0) is 17.6. The summed E-state index contributed by atoms with van der Waals surface area (Å²) in [7, 11) is -2.13. The van der Waals surface area contributed by atoms with E-state index in [0.717, 1.165) is 5.57 Å². The van der Waals surface area contributed by atoms with Crippen molar-refractivity contribution in [3.8, 4) is 0 Å². The van der Waals surface area contributed by atoms with Gasteiger partial charge in [-0.3, -0.25) is 4.79 Å². The second-order valence-corrected chi connectivity index (χ2v) is 12.4. The largest absolute Gasteiger partial charge is 0.344 e. The molecule has 2 bridgehead atoms. The van der Waals surface area contributed by atoms with E-state index in [0.29, 0.717) is 6.54 Å². The van der Waals surface area contributed by atoms with E-state index in [2.05, 4.69) is 39.2 Å². The number of hydroxylamine groups is 2. The normalized spacial score (nSPS) is 24.8. The highest BCUT2D eigenvalue weighted by molar-refractivity contribution is 6.74. The summed E-state index contributed by atoms with van der Waals surface area (Å²) in [6.07, 6.45) is 1.95. The maximum absolute atomic E-state index is 12.8. The number of hydrogen-bond donors (Lipinski definition) is 2. The van der Waals surface area contributed by atoms with E-state index < -0.39 is 14.4 Å². The molecule has 0 aromatic heterocycles. The molecule has 0 aromatic rings. The molecule has 2 aliphatic rings. The van der Waals surface area contributed by atoms with Crippen molar-refractivity contribution in [2.75, 3.05) is 13.2 Å². The van der Waals surface area contributed by atoms with Crippen LogP contribution in [-0.2, 0) is 9.32 Å². The quantitative estimate of drug-likeness (QED) is 0.460. The second-order valence-electron chi connectivity index (χ2n) is 7.74. The summed E-state index contributed by atoms with van der Waals surface area (Å²) < 4.78 is 6.21. The van der Waals surface area contributed by atoms with Crippen molar-refractivity contribution in [1.29, 1.82) is 0 Å². The Labute approximate surface area is 138 Å². The topological polar surface area (TPSA) is 87.9 Å². The minimum absolute atomic E-state index is 0.00557. The maximum Gasteiger partial charge on any atom is 0.344 e. The first kappa shape index (κ1) is 18.0. The van der Waals surface area contributed by atoms with Gasteiger partial charge >= 0.3 is 6.03 Å². The Morgan fingerprint density at radius 1 is 1.48 bits per heavy atom. The van der Waals surface area contributed by atoms with Gasteiger partial charge < -0.3 is 20.5 Å². The summed E-state index contributed by atoms with van der Waals surface area (Å²) in [5.74, 6) is -0.248. The van der Waals surface area contributed by atoms with Gasteiger partial charge in [-0.05, 0) is 30.6 Å². The molecule has 3 amide bonds. The molecule has 1 saturated heterocycles. The average Bonchev–Trinajstić information content (AvgIpc) is 2.63. The molecular weight excluding hydrogens is 312 g/mol. The molecule has 3 N–H and O–H groups in total. The second kappa shape index (κ2) is 5.92. The first-order valence-electron chi connectivity index (χ1n) is 7.94. The van der Waals surface area contributed by atoms with Gasteiger partial charge in [-0.15, -0.1) is 0 Å². The molecule has 2 aliphatic heterocycles. The van der Waals surface area contributed by atoms with Gasteiger partial charge in [0.1, 0.15) is 6.04 Å². The van der Waals surface area contributed by atoms with Gasteiger partial charge in [0.15, 0.2) is 0 Å². The van der Waals surface area contributed by atoms with E-state index in [4.69, 9.17) is 10.3 Å². The molecule has 0 aromatic carbocycles. The Bertz CT molecular complexity index is 541. The Morgan fingerprint density at radius 3 is 2.61 bits per heavy atom. The van der Waals surface area contributed by atoms with E-state index >= 15 is 0 Å². The van der Waals surface area contributed by atoms with Crippen LogP contribution >= 0.6 is 0 Å². The Morgan fingerprint density at radius 2 is 2.09 bits per heavy atom. The third kappa shape index (κ3) is 3.15. The molecule has 2 heterocycles. The maximum atomic E-state index is 12.8. The average molecular weight is 341 g/mol. The fourth-order valence-electron chi connectivity index (χ4n) is 2.63. The van der Waals surface area contributed by atoms with Crippen LogP contribution in [-0.4, -0.2) is 55.5 Å². The highest BCUT2D eigenvalue weighted by Gasteiger charge is 2.50. The molecule has 2 rings (SSSR count). The van der Waals surface area contributed by atoms with Gasteiger partial charge in [-0.2, -0.15) is 0 Å². The Balaban J connectivity index is 2.24. The van der Waals surface area contributed by atoms with Gasteiger partial charge in [0.25, 0.3) is 0 Å². The monoisotopic (exact) mass is 340 g/mol. The van der Waals surface area contributed by atoms with Crippen molar-refractivity contribution in [3.05, 3.63) is 11.6 Å². The van der Waals surface area contributed by atoms with Crippen molar-refractivity contribution >= 4 is 20.3 Å². The van der Waals surface area contributed by atoms with Gasteiger partial charge in [0.05, 0.1) is 19.3 Å². The summed E-state index contributed by atoms with van der Waals surface area (Å²) in [4.78, 5) is 26.5. The third-order valence-corrected chi connectivity index (χ3v) is 9.24. The predicted octanol–water partition coefficient (Wildman–Crippen LogP) is 1.39. The van der Waals surface area contributed by atoms with Gasteiger partial charge in [0, 0.05) is 0 Å². The van der Waals surface area contributed by atoms with Crippen molar-refractivity contribution in [2.24, 2.45) is 5.73 Å². The molecule has 2 atom stereocenters. The van der Waals surface area contributed by atoms with E-state index in [1.54, 1.807) is 4.90 Å². The minimum Gasteiger partial charge on any atom is -0.342 e. The molecule has 130 valence electrons. The highest BCUT2D eigenvalue weighted by Crippen LogP contribution is 2.39. The molecule has 0 radical (unpaired) electrons. The summed E-state index contributed by atoms with van der Waals surface area (Å²) in [5.41, 5.74) is 6.24. The smallest absolute Gasteiger partial charge is 0.342 e. The number of urea groups is 1. The van der Waals surface area contributed by atoms with Crippen LogP contribution in [0.25, 0.3) is 0 Å². The lowest BCUT2D eigenvalue weighted by Gasteiger charge is -2.39. The number of carbonyl (C=O) groups is 2. The number of carbonyl (C=O) groups excluding carboxylic acids is 2.